The van der Waals surface area contributed by atoms with Crippen LogP contribution in [0.15, 0.2) is 28.1 Å². The van der Waals surface area contributed by atoms with Gasteiger partial charge in [-0.2, -0.15) is 0 Å². The quantitative estimate of drug-likeness (QED) is 0.819. The molecule has 0 saturated heterocycles. The summed E-state index contributed by atoms with van der Waals surface area (Å²) in [7, 11) is -2.13. The van der Waals surface area contributed by atoms with Gasteiger partial charge in [-0.15, -0.1) is 0 Å². The molecule has 0 bridgehead atoms. The van der Waals surface area contributed by atoms with Gasteiger partial charge in [0.05, 0.1) is 18.3 Å². The molecule has 0 atom stereocenters. The van der Waals surface area contributed by atoms with Crippen molar-refractivity contribution in [2.75, 3.05) is 12.4 Å². The van der Waals surface area contributed by atoms with Gasteiger partial charge in [-0.05, 0) is 32.9 Å². The minimum Gasteiger partial charge on any atom is -0.497 e. The number of rotatable bonds is 1. The van der Waals surface area contributed by atoms with Crippen molar-refractivity contribution in [3.8, 4) is 5.75 Å². The van der Waals surface area contributed by atoms with Gasteiger partial charge in [-0.3, -0.25) is 0 Å². The molecule has 19 heavy (non-hydrogen) atoms. The lowest BCUT2D eigenvalue weighted by Crippen LogP contribution is -2.42. The number of hydrogen-bond donors (Lipinski definition) is 2. The van der Waals surface area contributed by atoms with Gasteiger partial charge in [0.25, 0.3) is 10.0 Å². The average molecular weight is 283 g/mol. The van der Waals surface area contributed by atoms with Crippen LogP contribution in [0.2, 0.25) is 0 Å². The average Bonchev–Trinajstić information content (AvgIpc) is 2.25. The summed E-state index contributed by atoms with van der Waals surface area (Å²) in [5.41, 5.74) is 0.108. The zero-order chi connectivity index (χ0) is 14.3. The normalized spacial score (nSPS) is 19.3. The maximum absolute atomic E-state index is 12.1. The second-order valence-corrected chi connectivity index (χ2v) is 6.87. The SMILES string of the molecule is COc1ccc2c(c1)S(=O)(=O)NC(=NC(C)(C)C)N2. The van der Waals surface area contributed by atoms with E-state index in [1.165, 1.54) is 13.2 Å². The van der Waals surface area contributed by atoms with Crippen molar-refractivity contribution in [1.82, 2.24) is 4.72 Å². The number of ether oxygens (including phenoxy) is 1. The van der Waals surface area contributed by atoms with Crippen LogP contribution >= 0.6 is 0 Å². The lowest BCUT2D eigenvalue weighted by atomic mass is 10.1. The summed E-state index contributed by atoms with van der Waals surface area (Å²) in [5.74, 6) is 0.715. The van der Waals surface area contributed by atoms with Gasteiger partial charge in [-0.25, -0.2) is 18.1 Å². The molecule has 1 aromatic rings. The van der Waals surface area contributed by atoms with E-state index >= 15 is 0 Å². The number of nitrogens with one attached hydrogen (secondary N) is 2. The molecule has 7 heteroatoms. The smallest absolute Gasteiger partial charge is 0.266 e. The number of fused-ring (bicyclic) bond motifs is 1. The van der Waals surface area contributed by atoms with Crippen LogP contribution in [0.3, 0.4) is 0 Å². The van der Waals surface area contributed by atoms with Crippen LogP contribution < -0.4 is 14.8 Å². The van der Waals surface area contributed by atoms with Crippen LogP contribution in [0, 0.1) is 0 Å². The minimum absolute atomic E-state index is 0.153. The third-order valence-corrected chi connectivity index (χ3v) is 3.79. The van der Waals surface area contributed by atoms with E-state index in [0.717, 1.165) is 0 Å². The topological polar surface area (TPSA) is 79.8 Å². The molecule has 0 aromatic heterocycles. The van der Waals surface area contributed by atoms with Gasteiger partial charge in [-0.1, -0.05) is 0 Å². The highest BCUT2D eigenvalue weighted by Crippen LogP contribution is 2.29. The molecule has 0 aliphatic carbocycles. The van der Waals surface area contributed by atoms with E-state index in [0.29, 0.717) is 11.4 Å². The Labute approximate surface area is 112 Å². The van der Waals surface area contributed by atoms with E-state index in [2.05, 4.69) is 15.0 Å². The summed E-state index contributed by atoms with van der Waals surface area (Å²) < 4.78 is 31.7. The molecule has 1 aliphatic rings. The first-order valence-corrected chi connectivity index (χ1v) is 7.27. The Hall–Kier alpha value is -1.76. The molecule has 0 amide bonds. The van der Waals surface area contributed by atoms with Gasteiger partial charge < -0.3 is 10.1 Å². The van der Waals surface area contributed by atoms with E-state index < -0.39 is 10.0 Å². The van der Waals surface area contributed by atoms with Gasteiger partial charge in [0, 0.05) is 6.07 Å². The fraction of sp³-hybridized carbons (Fsp3) is 0.417. The van der Waals surface area contributed by atoms with Crippen molar-refractivity contribution < 1.29 is 13.2 Å². The van der Waals surface area contributed by atoms with Crippen molar-refractivity contribution in [3.63, 3.8) is 0 Å². The van der Waals surface area contributed by atoms with Crippen LogP contribution in [0.25, 0.3) is 0 Å². The Morgan fingerprint density at radius 1 is 1.26 bits per heavy atom. The number of sulfonamides is 1. The van der Waals surface area contributed by atoms with Crippen molar-refractivity contribution >= 4 is 21.7 Å². The van der Waals surface area contributed by atoms with Crippen molar-refractivity contribution in [3.05, 3.63) is 18.2 Å². The predicted molar refractivity (Wildman–Crippen MR) is 74.1 cm³/mol. The third-order valence-electron chi connectivity index (χ3n) is 2.41. The van der Waals surface area contributed by atoms with Gasteiger partial charge >= 0.3 is 0 Å². The van der Waals surface area contributed by atoms with E-state index in [9.17, 15) is 8.42 Å². The summed E-state index contributed by atoms with van der Waals surface area (Å²) in [4.78, 5) is 4.44. The summed E-state index contributed by atoms with van der Waals surface area (Å²) in [6, 6.07) is 4.82. The first kappa shape index (κ1) is 13.7. The molecular weight excluding hydrogens is 266 g/mol. The van der Waals surface area contributed by atoms with E-state index in [-0.39, 0.29) is 16.4 Å². The predicted octanol–water partition coefficient (Wildman–Crippen LogP) is 1.55. The third kappa shape index (κ3) is 2.98. The molecule has 0 spiro atoms. The Balaban J connectivity index is 2.50. The molecule has 2 rings (SSSR count). The van der Waals surface area contributed by atoms with E-state index in [1.54, 1.807) is 12.1 Å². The number of anilines is 1. The molecule has 1 aromatic carbocycles. The maximum Gasteiger partial charge on any atom is 0.266 e. The lowest BCUT2D eigenvalue weighted by molar-refractivity contribution is 0.413. The number of methoxy groups -OCH3 is 1. The first-order valence-electron chi connectivity index (χ1n) is 5.79. The van der Waals surface area contributed by atoms with Crippen LogP contribution in [-0.4, -0.2) is 27.0 Å². The van der Waals surface area contributed by atoms with E-state index in [1.807, 2.05) is 20.8 Å². The summed E-state index contributed by atoms with van der Waals surface area (Å²) in [6.07, 6.45) is 0. The fourth-order valence-electron chi connectivity index (χ4n) is 1.68. The van der Waals surface area contributed by atoms with Crippen LogP contribution in [-0.2, 0) is 10.0 Å². The molecular formula is C12H17N3O3S. The fourth-order valence-corrected chi connectivity index (χ4v) is 2.82. The summed E-state index contributed by atoms with van der Waals surface area (Å²) >= 11 is 0. The lowest BCUT2D eigenvalue weighted by Gasteiger charge is -2.24. The highest BCUT2D eigenvalue weighted by Gasteiger charge is 2.28. The molecule has 0 unspecified atom stereocenters. The van der Waals surface area contributed by atoms with Gasteiger partial charge in [0.15, 0.2) is 0 Å². The standard InChI is InChI=1S/C12H17N3O3S/c1-12(2,3)14-11-13-9-6-5-8(18-4)7-10(9)19(16,17)15-11/h5-7H,1-4H3,(H2,13,14,15). The molecule has 1 aliphatic heterocycles. The Kier molecular flexibility index (Phi) is 3.17. The number of nitrogens with zero attached hydrogens (tertiary/aromatic N) is 1. The largest absolute Gasteiger partial charge is 0.497 e. The number of aliphatic imine (C=N–C) groups is 1. The zero-order valence-electron chi connectivity index (χ0n) is 11.3. The number of hydrogen-bond acceptors (Lipinski definition) is 4. The Morgan fingerprint density at radius 3 is 2.53 bits per heavy atom. The molecule has 104 valence electrons. The second kappa shape index (κ2) is 4.41. The molecule has 0 radical (unpaired) electrons. The van der Waals surface area contributed by atoms with Crippen molar-refractivity contribution in [2.45, 2.75) is 31.2 Å². The number of benzene rings is 1. The van der Waals surface area contributed by atoms with Crippen molar-refractivity contribution in [1.29, 1.82) is 0 Å². The molecule has 6 nitrogen and oxygen atoms in total. The molecule has 1 heterocycles. The summed E-state index contributed by atoms with van der Waals surface area (Å²) in [5, 5.41) is 2.96. The van der Waals surface area contributed by atoms with Crippen LogP contribution in [0.5, 0.6) is 5.75 Å². The van der Waals surface area contributed by atoms with Crippen molar-refractivity contribution in [2.24, 2.45) is 4.99 Å². The van der Waals surface area contributed by atoms with E-state index in [4.69, 9.17) is 4.74 Å². The zero-order valence-corrected chi connectivity index (χ0v) is 12.1. The minimum atomic E-state index is -3.62. The summed E-state index contributed by atoms with van der Waals surface area (Å²) in [6.45, 7) is 5.67. The highest BCUT2D eigenvalue weighted by molar-refractivity contribution is 7.90. The molecule has 0 fully saturated rings. The molecule has 0 saturated carbocycles. The first-order chi connectivity index (χ1) is 8.71. The van der Waals surface area contributed by atoms with Gasteiger partial charge in [0.2, 0.25) is 5.96 Å². The Bertz CT molecular complexity index is 630. The number of guanidine groups is 1. The second-order valence-electron chi connectivity index (χ2n) is 5.22. The van der Waals surface area contributed by atoms with Crippen LogP contribution in [0.1, 0.15) is 20.8 Å². The maximum atomic E-state index is 12.1. The van der Waals surface area contributed by atoms with Gasteiger partial charge in [0.1, 0.15) is 10.6 Å². The molecule has 2 N–H and O–H groups in total. The van der Waals surface area contributed by atoms with Crippen LogP contribution in [0.4, 0.5) is 5.69 Å². The Morgan fingerprint density at radius 2 is 1.95 bits per heavy atom. The monoisotopic (exact) mass is 283 g/mol. The highest BCUT2D eigenvalue weighted by atomic mass is 32.2.